The van der Waals surface area contributed by atoms with Gasteiger partial charge in [0, 0.05) is 23.4 Å². The average molecular weight is 411 g/mol. The molecule has 0 aliphatic rings. The molecule has 2 rings (SSSR count). The lowest BCUT2D eigenvalue weighted by Crippen LogP contribution is -2.14. The molecule has 0 aliphatic heterocycles. The second kappa shape index (κ2) is 12.7. The van der Waals surface area contributed by atoms with Gasteiger partial charge in [0.2, 0.25) is 5.91 Å². The Bertz CT molecular complexity index is 783. The van der Waals surface area contributed by atoms with Gasteiger partial charge in [-0.15, -0.1) is 0 Å². The highest BCUT2D eigenvalue weighted by atomic mass is 16.5. The predicted octanol–water partition coefficient (Wildman–Crippen LogP) is 6.27. The van der Waals surface area contributed by atoms with Gasteiger partial charge < -0.3 is 15.4 Å². The fourth-order valence-corrected chi connectivity index (χ4v) is 3.02. The van der Waals surface area contributed by atoms with Crippen LogP contribution < -0.4 is 15.4 Å². The van der Waals surface area contributed by atoms with E-state index in [2.05, 4.69) is 17.6 Å². The summed E-state index contributed by atoms with van der Waals surface area (Å²) < 4.78 is 5.74. The number of rotatable bonds is 12. The van der Waals surface area contributed by atoms with Crippen molar-refractivity contribution in [1.82, 2.24) is 0 Å². The highest BCUT2D eigenvalue weighted by molar-refractivity contribution is 6.04. The van der Waals surface area contributed by atoms with E-state index in [1.165, 1.54) is 25.7 Å². The van der Waals surface area contributed by atoms with Crippen LogP contribution in [0.3, 0.4) is 0 Å². The largest absolute Gasteiger partial charge is 0.494 e. The fraction of sp³-hybridized carbons (Fsp3) is 0.440. The molecular formula is C25H34N2O3. The quantitative estimate of drug-likeness (QED) is 0.405. The lowest BCUT2D eigenvalue weighted by molar-refractivity contribution is -0.116. The first-order valence-electron chi connectivity index (χ1n) is 10.9. The van der Waals surface area contributed by atoms with E-state index in [9.17, 15) is 9.59 Å². The van der Waals surface area contributed by atoms with Gasteiger partial charge in [0.25, 0.3) is 5.91 Å². The number of hydrogen-bond acceptors (Lipinski definition) is 3. The molecule has 0 spiro atoms. The van der Waals surface area contributed by atoms with E-state index in [0.29, 0.717) is 30.2 Å². The second-order valence-corrected chi connectivity index (χ2v) is 7.96. The lowest BCUT2D eigenvalue weighted by atomic mass is 10.1. The number of carbonyl (C=O) groups is 2. The van der Waals surface area contributed by atoms with Gasteiger partial charge in [0.15, 0.2) is 0 Å². The van der Waals surface area contributed by atoms with E-state index >= 15 is 0 Å². The van der Waals surface area contributed by atoms with Crippen molar-refractivity contribution in [3.63, 3.8) is 0 Å². The third kappa shape index (κ3) is 8.68. The molecule has 0 saturated carbocycles. The summed E-state index contributed by atoms with van der Waals surface area (Å²) in [6.07, 6.45) is 6.49. The van der Waals surface area contributed by atoms with Crippen molar-refractivity contribution in [2.75, 3.05) is 17.2 Å². The van der Waals surface area contributed by atoms with E-state index in [-0.39, 0.29) is 11.8 Å². The Balaban J connectivity index is 1.79. The van der Waals surface area contributed by atoms with Gasteiger partial charge in [0.05, 0.1) is 6.61 Å². The smallest absolute Gasteiger partial charge is 0.255 e. The van der Waals surface area contributed by atoms with Crippen LogP contribution in [0.25, 0.3) is 0 Å². The molecule has 162 valence electrons. The van der Waals surface area contributed by atoms with Crippen LogP contribution in [0.1, 0.15) is 69.7 Å². The molecule has 0 fully saturated rings. The van der Waals surface area contributed by atoms with Crippen LogP contribution in [0.4, 0.5) is 11.4 Å². The van der Waals surface area contributed by atoms with E-state index in [4.69, 9.17) is 4.74 Å². The number of carbonyl (C=O) groups excluding carboxylic acids is 2. The molecule has 0 saturated heterocycles. The Morgan fingerprint density at radius 3 is 2.03 bits per heavy atom. The van der Waals surface area contributed by atoms with E-state index < -0.39 is 0 Å². The molecule has 0 radical (unpaired) electrons. The second-order valence-electron chi connectivity index (χ2n) is 7.96. The summed E-state index contributed by atoms with van der Waals surface area (Å²) in [5, 5.41) is 5.73. The van der Waals surface area contributed by atoms with Gasteiger partial charge in [0.1, 0.15) is 5.75 Å². The molecule has 2 aromatic rings. The maximum absolute atomic E-state index is 12.4. The first-order chi connectivity index (χ1) is 14.5. The number of nitrogens with one attached hydrogen (secondary N) is 2. The minimum absolute atomic E-state index is 0.00921. The van der Waals surface area contributed by atoms with Gasteiger partial charge in [-0.1, -0.05) is 46.5 Å². The third-order valence-electron chi connectivity index (χ3n) is 4.65. The fourth-order valence-electron chi connectivity index (χ4n) is 3.02. The summed E-state index contributed by atoms with van der Waals surface area (Å²) in [5.41, 5.74) is 1.96. The van der Waals surface area contributed by atoms with Gasteiger partial charge >= 0.3 is 0 Å². The van der Waals surface area contributed by atoms with Crippen LogP contribution in [-0.2, 0) is 4.79 Å². The minimum Gasteiger partial charge on any atom is -0.494 e. The zero-order chi connectivity index (χ0) is 21.8. The van der Waals surface area contributed by atoms with Crippen LogP contribution in [-0.4, -0.2) is 18.4 Å². The van der Waals surface area contributed by atoms with Crippen LogP contribution in [0.5, 0.6) is 5.75 Å². The van der Waals surface area contributed by atoms with Gasteiger partial charge in [-0.05, 0) is 60.9 Å². The van der Waals surface area contributed by atoms with Crippen molar-refractivity contribution >= 4 is 23.2 Å². The number of hydrogen-bond donors (Lipinski definition) is 2. The molecule has 0 heterocycles. The first kappa shape index (κ1) is 23.5. The number of anilines is 2. The molecular weight excluding hydrogens is 376 g/mol. The SMILES string of the molecule is CCCCCCCOc1ccc(C(=O)Nc2ccc(NC(=O)CC(C)C)cc2)cc1. The van der Waals surface area contributed by atoms with Crippen LogP contribution >= 0.6 is 0 Å². The van der Waals surface area contributed by atoms with E-state index in [1.54, 1.807) is 36.4 Å². The summed E-state index contributed by atoms with van der Waals surface area (Å²) in [5.74, 6) is 0.900. The first-order valence-corrected chi connectivity index (χ1v) is 10.9. The average Bonchev–Trinajstić information content (AvgIpc) is 2.72. The van der Waals surface area contributed by atoms with Crippen LogP contribution in [0.2, 0.25) is 0 Å². The molecule has 30 heavy (non-hydrogen) atoms. The third-order valence-corrected chi connectivity index (χ3v) is 4.65. The summed E-state index contributed by atoms with van der Waals surface area (Å²) >= 11 is 0. The molecule has 2 aromatic carbocycles. The normalized spacial score (nSPS) is 10.7. The van der Waals surface area contributed by atoms with Gasteiger partial charge in [-0.2, -0.15) is 0 Å². The number of amides is 2. The van der Waals surface area contributed by atoms with Crippen molar-refractivity contribution in [2.24, 2.45) is 5.92 Å². The Hall–Kier alpha value is -2.82. The number of unbranched alkanes of at least 4 members (excludes halogenated alkanes) is 4. The van der Waals surface area contributed by atoms with Gasteiger partial charge in [-0.3, -0.25) is 9.59 Å². The van der Waals surface area contributed by atoms with Crippen LogP contribution in [0, 0.1) is 5.92 Å². The highest BCUT2D eigenvalue weighted by Gasteiger charge is 2.08. The van der Waals surface area contributed by atoms with Crippen molar-refractivity contribution in [3.8, 4) is 5.75 Å². The molecule has 0 aromatic heterocycles. The van der Waals surface area contributed by atoms with Crippen molar-refractivity contribution in [1.29, 1.82) is 0 Å². The maximum atomic E-state index is 12.4. The zero-order valence-corrected chi connectivity index (χ0v) is 18.4. The Morgan fingerprint density at radius 2 is 1.43 bits per heavy atom. The molecule has 2 amide bonds. The maximum Gasteiger partial charge on any atom is 0.255 e. The summed E-state index contributed by atoms with van der Waals surface area (Å²) in [6, 6.07) is 14.3. The number of benzene rings is 2. The monoisotopic (exact) mass is 410 g/mol. The molecule has 0 aliphatic carbocycles. The van der Waals surface area contributed by atoms with Crippen molar-refractivity contribution in [3.05, 3.63) is 54.1 Å². The van der Waals surface area contributed by atoms with E-state index in [0.717, 1.165) is 17.9 Å². The Kier molecular flexibility index (Phi) is 9.92. The molecule has 0 atom stereocenters. The van der Waals surface area contributed by atoms with Crippen LogP contribution in [0.15, 0.2) is 48.5 Å². The molecule has 0 bridgehead atoms. The predicted molar refractivity (Wildman–Crippen MR) is 123 cm³/mol. The lowest BCUT2D eigenvalue weighted by Gasteiger charge is -2.10. The minimum atomic E-state index is -0.183. The zero-order valence-electron chi connectivity index (χ0n) is 18.4. The molecule has 5 heteroatoms. The summed E-state index contributed by atoms with van der Waals surface area (Å²) in [7, 11) is 0. The topological polar surface area (TPSA) is 67.4 Å². The highest BCUT2D eigenvalue weighted by Crippen LogP contribution is 2.17. The summed E-state index contributed by atoms with van der Waals surface area (Å²) in [4.78, 5) is 24.3. The number of ether oxygens (including phenoxy) is 1. The van der Waals surface area contributed by atoms with E-state index in [1.807, 2.05) is 26.0 Å². The Labute approximate surface area is 180 Å². The standard InChI is InChI=1S/C25H34N2O3/c1-4-5-6-7-8-17-30-23-15-9-20(10-16-23)25(29)27-22-13-11-21(12-14-22)26-24(28)18-19(2)3/h9-16,19H,4-8,17-18H2,1-3H3,(H,26,28)(H,27,29). The van der Waals surface area contributed by atoms with Crippen molar-refractivity contribution < 1.29 is 14.3 Å². The van der Waals surface area contributed by atoms with Crippen molar-refractivity contribution in [2.45, 2.75) is 59.3 Å². The summed E-state index contributed by atoms with van der Waals surface area (Å²) in [6.45, 7) is 6.92. The Morgan fingerprint density at radius 1 is 0.833 bits per heavy atom. The molecule has 2 N–H and O–H groups in total. The molecule has 0 unspecified atom stereocenters. The molecule has 5 nitrogen and oxygen atoms in total. The van der Waals surface area contributed by atoms with Gasteiger partial charge in [-0.25, -0.2) is 0 Å².